The van der Waals surface area contributed by atoms with Crippen LogP contribution in [0.4, 0.5) is 0 Å². The fraction of sp³-hybridized carbons (Fsp3) is 0.714. The lowest BCUT2D eigenvalue weighted by molar-refractivity contribution is -0.134. The minimum atomic E-state index is -3.51. The summed E-state index contributed by atoms with van der Waals surface area (Å²) in [6.07, 6.45) is 0.647. The molecule has 0 radical (unpaired) electrons. The summed E-state index contributed by atoms with van der Waals surface area (Å²) in [7, 11) is -3.51. The number of sulfonamides is 1. The van der Waals surface area contributed by atoms with Crippen LogP contribution in [0.1, 0.15) is 12.8 Å². The lowest BCUT2D eigenvalue weighted by Gasteiger charge is -2.21. The molecule has 0 aromatic rings. The van der Waals surface area contributed by atoms with Gasteiger partial charge in [0.15, 0.2) is 0 Å². The molecular formula is C7H13N3O4S. The molecule has 0 aliphatic carbocycles. The predicted molar refractivity (Wildman–Crippen MR) is 52.1 cm³/mol. The summed E-state index contributed by atoms with van der Waals surface area (Å²) in [6, 6.07) is -0.510. The number of primary sulfonamides is 1. The maximum absolute atomic E-state index is 11.2. The Kier molecular flexibility index (Phi) is 3.77. The molecular weight excluding hydrogens is 222 g/mol. The second-order valence-corrected chi connectivity index (χ2v) is 5.06. The Bertz CT molecular complexity index is 364. The second kappa shape index (κ2) is 4.69. The molecule has 86 valence electrons. The summed E-state index contributed by atoms with van der Waals surface area (Å²) in [5.41, 5.74) is 0. The number of imide groups is 1. The third kappa shape index (κ3) is 4.36. The van der Waals surface area contributed by atoms with E-state index in [0.29, 0.717) is 6.42 Å². The van der Waals surface area contributed by atoms with Gasteiger partial charge in [0.1, 0.15) is 0 Å². The number of amides is 2. The highest BCUT2D eigenvalue weighted by Crippen LogP contribution is 2.03. The van der Waals surface area contributed by atoms with E-state index in [4.69, 9.17) is 5.14 Å². The molecule has 1 heterocycles. The van der Waals surface area contributed by atoms with Gasteiger partial charge in [-0.05, 0) is 6.42 Å². The van der Waals surface area contributed by atoms with Gasteiger partial charge in [-0.2, -0.15) is 0 Å². The van der Waals surface area contributed by atoms with Gasteiger partial charge < -0.3 is 5.32 Å². The molecule has 15 heavy (non-hydrogen) atoms. The highest BCUT2D eigenvalue weighted by Gasteiger charge is 2.25. The maximum Gasteiger partial charge on any atom is 0.243 e. The van der Waals surface area contributed by atoms with Gasteiger partial charge in [-0.3, -0.25) is 14.9 Å². The number of nitrogens with one attached hydrogen (secondary N) is 2. The van der Waals surface area contributed by atoms with Crippen LogP contribution in [0.15, 0.2) is 0 Å². The molecule has 0 spiro atoms. The molecule has 0 aromatic carbocycles. The Hall–Kier alpha value is -0.990. The van der Waals surface area contributed by atoms with Crippen LogP contribution in [0.5, 0.6) is 0 Å². The van der Waals surface area contributed by atoms with Gasteiger partial charge in [0.05, 0.1) is 11.8 Å². The highest BCUT2D eigenvalue weighted by molar-refractivity contribution is 7.89. The first-order valence-electron chi connectivity index (χ1n) is 4.46. The fourth-order valence-electron chi connectivity index (χ4n) is 1.26. The number of rotatable bonds is 4. The van der Waals surface area contributed by atoms with Crippen molar-refractivity contribution in [3.05, 3.63) is 0 Å². The zero-order chi connectivity index (χ0) is 11.5. The molecule has 0 bridgehead atoms. The second-order valence-electron chi connectivity index (χ2n) is 3.32. The lowest BCUT2D eigenvalue weighted by atomic mass is 10.1. The van der Waals surface area contributed by atoms with Crippen molar-refractivity contribution < 1.29 is 18.0 Å². The van der Waals surface area contributed by atoms with Crippen LogP contribution in [-0.4, -0.2) is 38.6 Å². The number of piperidine rings is 1. The quantitative estimate of drug-likeness (QED) is 0.472. The molecule has 1 rings (SSSR count). The van der Waals surface area contributed by atoms with Crippen LogP contribution in [0, 0.1) is 0 Å². The smallest absolute Gasteiger partial charge is 0.243 e. The van der Waals surface area contributed by atoms with E-state index >= 15 is 0 Å². The molecule has 4 N–H and O–H groups in total. The normalized spacial score (nSPS) is 22.6. The summed E-state index contributed by atoms with van der Waals surface area (Å²) in [4.78, 5) is 22.0. The molecule has 1 saturated heterocycles. The van der Waals surface area contributed by atoms with Crippen molar-refractivity contribution in [3.8, 4) is 0 Å². The van der Waals surface area contributed by atoms with Crippen LogP contribution < -0.4 is 15.8 Å². The van der Waals surface area contributed by atoms with Crippen molar-refractivity contribution >= 4 is 21.8 Å². The molecule has 1 fully saturated rings. The van der Waals surface area contributed by atoms with Gasteiger partial charge in [0.2, 0.25) is 21.8 Å². The molecule has 1 unspecified atom stereocenters. The molecule has 1 atom stereocenters. The SMILES string of the molecule is NS(=O)(=O)CCNC1CCC(=O)NC1=O. The van der Waals surface area contributed by atoms with Crippen molar-refractivity contribution in [1.29, 1.82) is 0 Å². The number of carbonyl (C=O) groups excluding carboxylic acids is 2. The van der Waals surface area contributed by atoms with E-state index in [-0.39, 0.29) is 24.6 Å². The summed E-state index contributed by atoms with van der Waals surface area (Å²) >= 11 is 0. The molecule has 0 saturated carbocycles. The van der Waals surface area contributed by atoms with Gasteiger partial charge in [0.25, 0.3) is 0 Å². The first-order valence-corrected chi connectivity index (χ1v) is 6.17. The van der Waals surface area contributed by atoms with E-state index in [1.807, 2.05) is 0 Å². The van der Waals surface area contributed by atoms with Crippen LogP contribution in [-0.2, 0) is 19.6 Å². The van der Waals surface area contributed by atoms with Crippen LogP contribution in [0.25, 0.3) is 0 Å². The van der Waals surface area contributed by atoms with Crippen LogP contribution in [0.2, 0.25) is 0 Å². The van der Waals surface area contributed by atoms with Crippen LogP contribution in [0.3, 0.4) is 0 Å². The maximum atomic E-state index is 11.2. The predicted octanol–water partition coefficient (Wildman–Crippen LogP) is -2.33. The highest BCUT2D eigenvalue weighted by atomic mass is 32.2. The van der Waals surface area contributed by atoms with Crippen molar-refractivity contribution in [2.75, 3.05) is 12.3 Å². The molecule has 2 amide bonds. The molecule has 8 heteroatoms. The van der Waals surface area contributed by atoms with E-state index in [1.165, 1.54) is 0 Å². The van der Waals surface area contributed by atoms with Gasteiger partial charge in [0, 0.05) is 13.0 Å². The summed E-state index contributed by atoms with van der Waals surface area (Å²) in [6.45, 7) is 0.102. The Morgan fingerprint density at radius 3 is 2.67 bits per heavy atom. The topological polar surface area (TPSA) is 118 Å². The standard InChI is InChI=1S/C7H13N3O4S/c8-15(13,14)4-3-9-5-1-2-6(11)10-7(5)12/h5,9H,1-4H2,(H2,8,13,14)(H,10,11,12). The fourth-order valence-corrected chi connectivity index (χ4v) is 1.67. The first-order chi connectivity index (χ1) is 6.88. The minimum absolute atomic E-state index is 0.102. The summed E-state index contributed by atoms with van der Waals surface area (Å²) < 4.78 is 21.2. The van der Waals surface area contributed by atoms with Gasteiger partial charge in [-0.25, -0.2) is 13.6 Å². The Labute approximate surface area is 87.4 Å². The number of nitrogens with two attached hydrogens (primary N) is 1. The van der Waals surface area contributed by atoms with E-state index in [0.717, 1.165) is 0 Å². The summed E-state index contributed by atoms with van der Waals surface area (Å²) in [5.74, 6) is -0.949. The van der Waals surface area contributed by atoms with Crippen molar-refractivity contribution in [2.24, 2.45) is 5.14 Å². The Morgan fingerprint density at radius 1 is 1.47 bits per heavy atom. The number of hydrogen-bond acceptors (Lipinski definition) is 5. The van der Waals surface area contributed by atoms with Crippen molar-refractivity contribution in [3.63, 3.8) is 0 Å². The zero-order valence-corrected chi connectivity index (χ0v) is 8.84. The van der Waals surface area contributed by atoms with Gasteiger partial charge in [-0.15, -0.1) is 0 Å². The number of carbonyl (C=O) groups is 2. The molecule has 1 aliphatic heterocycles. The molecule has 0 aromatic heterocycles. The average Bonchev–Trinajstić information content (AvgIpc) is 2.07. The lowest BCUT2D eigenvalue weighted by Crippen LogP contribution is -2.51. The largest absolute Gasteiger partial charge is 0.305 e. The van der Waals surface area contributed by atoms with E-state index < -0.39 is 22.0 Å². The third-order valence-electron chi connectivity index (χ3n) is 2.02. The van der Waals surface area contributed by atoms with E-state index in [2.05, 4.69) is 10.6 Å². The van der Waals surface area contributed by atoms with E-state index in [1.54, 1.807) is 0 Å². The minimum Gasteiger partial charge on any atom is -0.305 e. The average molecular weight is 235 g/mol. The Balaban J connectivity index is 2.33. The van der Waals surface area contributed by atoms with Crippen molar-refractivity contribution in [2.45, 2.75) is 18.9 Å². The monoisotopic (exact) mass is 235 g/mol. The number of hydrogen-bond donors (Lipinski definition) is 3. The Morgan fingerprint density at radius 2 is 2.13 bits per heavy atom. The van der Waals surface area contributed by atoms with Gasteiger partial charge >= 0.3 is 0 Å². The zero-order valence-electron chi connectivity index (χ0n) is 8.02. The van der Waals surface area contributed by atoms with E-state index in [9.17, 15) is 18.0 Å². The van der Waals surface area contributed by atoms with Gasteiger partial charge in [-0.1, -0.05) is 0 Å². The third-order valence-corrected chi connectivity index (χ3v) is 2.79. The molecule has 7 nitrogen and oxygen atoms in total. The van der Waals surface area contributed by atoms with Crippen LogP contribution >= 0.6 is 0 Å². The molecule has 1 aliphatic rings. The van der Waals surface area contributed by atoms with Crippen molar-refractivity contribution in [1.82, 2.24) is 10.6 Å². The first kappa shape index (κ1) is 12.1. The summed E-state index contributed by atoms with van der Waals surface area (Å²) in [5, 5.41) is 9.67.